The van der Waals surface area contributed by atoms with Crippen molar-refractivity contribution >= 4 is 17.6 Å². The van der Waals surface area contributed by atoms with Crippen molar-refractivity contribution in [1.82, 2.24) is 4.98 Å². The molecule has 0 fully saturated rings. The van der Waals surface area contributed by atoms with Gasteiger partial charge in [-0.1, -0.05) is 0 Å². The van der Waals surface area contributed by atoms with Crippen LogP contribution in [0, 0.1) is 10.1 Å². The SMILES string of the molecule is O=[N+]([O-])c1ccc(-c2ccc(/C=N/Nc3ccncc3)o2)cc1. The van der Waals surface area contributed by atoms with Gasteiger partial charge in [-0.15, -0.1) is 0 Å². The summed E-state index contributed by atoms with van der Waals surface area (Å²) in [5, 5.41) is 14.7. The molecular formula is C16H12N4O3. The molecule has 3 rings (SSSR count). The van der Waals surface area contributed by atoms with Gasteiger partial charge < -0.3 is 4.42 Å². The van der Waals surface area contributed by atoms with E-state index in [4.69, 9.17) is 4.42 Å². The number of non-ortho nitro benzene ring substituents is 1. The molecule has 7 heteroatoms. The van der Waals surface area contributed by atoms with Gasteiger partial charge >= 0.3 is 0 Å². The van der Waals surface area contributed by atoms with Crippen LogP contribution in [-0.4, -0.2) is 16.1 Å². The van der Waals surface area contributed by atoms with E-state index in [0.717, 1.165) is 11.3 Å². The average molecular weight is 308 g/mol. The summed E-state index contributed by atoms with van der Waals surface area (Å²) < 4.78 is 5.64. The first-order valence-corrected chi connectivity index (χ1v) is 6.76. The van der Waals surface area contributed by atoms with E-state index in [1.165, 1.54) is 12.1 Å². The number of nitrogens with zero attached hydrogens (tertiary/aromatic N) is 3. The molecule has 0 unspecified atom stereocenters. The van der Waals surface area contributed by atoms with Crippen molar-refractivity contribution in [3.8, 4) is 11.3 Å². The maximum atomic E-state index is 10.6. The Labute approximate surface area is 131 Å². The minimum Gasteiger partial charge on any atom is -0.455 e. The van der Waals surface area contributed by atoms with Gasteiger partial charge in [-0.2, -0.15) is 5.10 Å². The van der Waals surface area contributed by atoms with E-state index < -0.39 is 4.92 Å². The molecule has 0 aliphatic rings. The van der Waals surface area contributed by atoms with Crippen molar-refractivity contribution in [2.24, 2.45) is 5.10 Å². The second-order valence-electron chi connectivity index (χ2n) is 4.61. The summed E-state index contributed by atoms with van der Waals surface area (Å²) in [6.45, 7) is 0. The van der Waals surface area contributed by atoms with Crippen LogP contribution in [-0.2, 0) is 0 Å². The monoisotopic (exact) mass is 308 g/mol. The Balaban J connectivity index is 1.69. The molecule has 1 N–H and O–H groups in total. The van der Waals surface area contributed by atoms with E-state index in [-0.39, 0.29) is 5.69 Å². The standard InChI is InChI=1S/C16H12N4O3/c21-20(22)14-3-1-12(2-4-14)16-6-5-15(23-16)11-18-19-13-7-9-17-10-8-13/h1-11H,(H,17,19)/b18-11+. The molecule has 7 nitrogen and oxygen atoms in total. The number of hydrazone groups is 1. The molecule has 2 heterocycles. The average Bonchev–Trinajstić information content (AvgIpc) is 3.05. The number of aromatic nitrogens is 1. The molecule has 0 saturated heterocycles. The van der Waals surface area contributed by atoms with E-state index in [1.807, 2.05) is 0 Å². The number of benzene rings is 1. The predicted octanol–water partition coefficient (Wildman–Crippen LogP) is 3.70. The third-order valence-corrected chi connectivity index (χ3v) is 3.06. The van der Waals surface area contributed by atoms with E-state index in [2.05, 4.69) is 15.5 Å². The van der Waals surface area contributed by atoms with E-state index in [1.54, 1.807) is 55.0 Å². The molecule has 0 radical (unpaired) electrons. The highest BCUT2D eigenvalue weighted by atomic mass is 16.6. The maximum absolute atomic E-state index is 10.6. The molecule has 0 aliphatic carbocycles. The first kappa shape index (κ1) is 14.5. The van der Waals surface area contributed by atoms with Crippen molar-refractivity contribution in [2.75, 3.05) is 5.43 Å². The van der Waals surface area contributed by atoms with Gasteiger partial charge in [-0.3, -0.25) is 20.5 Å². The van der Waals surface area contributed by atoms with Crippen LogP contribution < -0.4 is 5.43 Å². The molecule has 0 saturated carbocycles. The fourth-order valence-electron chi connectivity index (χ4n) is 1.92. The molecule has 0 amide bonds. The lowest BCUT2D eigenvalue weighted by atomic mass is 10.1. The quantitative estimate of drug-likeness (QED) is 0.440. The third-order valence-electron chi connectivity index (χ3n) is 3.06. The Morgan fingerprint density at radius 1 is 1.09 bits per heavy atom. The third kappa shape index (κ3) is 3.59. The lowest BCUT2D eigenvalue weighted by Crippen LogP contribution is -1.89. The van der Waals surface area contributed by atoms with Crippen LogP contribution in [0.4, 0.5) is 11.4 Å². The molecule has 0 bridgehead atoms. The highest BCUT2D eigenvalue weighted by Crippen LogP contribution is 2.24. The fourth-order valence-corrected chi connectivity index (χ4v) is 1.92. The van der Waals surface area contributed by atoms with Crippen molar-refractivity contribution in [3.05, 3.63) is 76.8 Å². The zero-order valence-corrected chi connectivity index (χ0v) is 11.9. The van der Waals surface area contributed by atoms with Crippen LogP contribution in [0.15, 0.2) is 70.4 Å². The Bertz CT molecular complexity index is 826. The molecule has 0 aliphatic heterocycles. The number of nitrogens with one attached hydrogen (secondary N) is 1. The summed E-state index contributed by atoms with van der Waals surface area (Å²) in [6, 6.07) is 13.3. The summed E-state index contributed by atoms with van der Waals surface area (Å²) in [7, 11) is 0. The van der Waals surface area contributed by atoms with Gasteiger partial charge in [0.1, 0.15) is 11.5 Å². The molecule has 3 aromatic rings. The molecule has 0 spiro atoms. The summed E-state index contributed by atoms with van der Waals surface area (Å²) >= 11 is 0. The second kappa shape index (κ2) is 6.52. The largest absolute Gasteiger partial charge is 0.455 e. The second-order valence-corrected chi connectivity index (χ2v) is 4.61. The fraction of sp³-hybridized carbons (Fsp3) is 0. The number of pyridine rings is 1. The first-order chi connectivity index (χ1) is 11.2. The van der Waals surface area contributed by atoms with Crippen LogP contribution in [0.2, 0.25) is 0 Å². The topological polar surface area (TPSA) is 93.6 Å². The zero-order chi connectivity index (χ0) is 16.1. The molecular weight excluding hydrogens is 296 g/mol. The number of nitro groups is 1. The summed E-state index contributed by atoms with van der Waals surface area (Å²) in [6.07, 6.45) is 4.88. The predicted molar refractivity (Wildman–Crippen MR) is 86.3 cm³/mol. The van der Waals surface area contributed by atoms with E-state index in [9.17, 15) is 10.1 Å². The number of rotatable bonds is 5. The summed E-state index contributed by atoms with van der Waals surface area (Å²) in [4.78, 5) is 14.1. The highest BCUT2D eigenvalue weighted by Gasteiger charge is 2.07. The highest BCUT2D eigenvalue weighted by molar-refractivity contribution is 5.78. The Hall–Kier alpha value is -3.48. The number of hydrogen-bond donors (Lipinski definition) is 1. The zero-order valence-electron chi connectivity index (χ0n) is 11.9. The lowest BCUT2D eigenvalue weighted by molar-refractivity contribution is -0.384. The van der Waals surface area contributed by atoms with Crippen molar-refractivity contribution < 1.29 is 9.34 Å². The van der Waals surface area contributed by atoms with Crippen LogP contribution in [0.1, 0.15) is 5.76 Å². The summed E-state index contributed by atoms with van der Waals surface area (Å²) in [5.41, 5.74) is 4.48. The Morgan fingerprint density at radius 2 is 1.83 bits per heavy atom. The summed E-state index contributed by atoms with van der Waals surface area (Å²) in [5.74, 6) is 1.19. The van der Waals surface area contributed by atoms with Crippen molar-refractivity contribution in [1.29, 1.82) is 0 Å². The number of furan rings is 1. The van der Waals surface area contributed by atoms with E-state index in [0.29, 0.717) is 11.5 Å². The van der Waals surface area contributed by atoms with Gasteiger partial charge in [0.25, 0.3) is 5.69 Å². The van der Waals surface area contributed by atoms with Crippen molar-refractivity contribution in [3.63, 3.8) is 0 Å². The smallest absolute Gasteiger partial charge is 0.269 e. The first-order valence-electron chi connectivity index (χ1n) is 6.76. The van der Waals surface area contributed by atoms with E-state index >= 15 is 0 Å². The van der Waals surface area contributed by atoms with Gasteiger partial charge in [0.15, 0.2) is 0 Å². The lowest BCUT2D eigenvalue weighted by Gasteiger charge is -1.97. The van der Waals surface area contributed by atoms with Crippen LogP contribution in [0.3, 0.4) is 0 Å². The van der Waals surface area contributed by atoms with Crippen LogP contribution in [0.25, 0.3) is 11.3 Å². The number of hydrogen-bond acceptors (Lipinski definition) is 6. The molecule has 114 valence electrons. The van der Waals surface area contributed by atoms with Gasteiger partial charge in [-0.25, -0.2) is 0 Å². The molecule has 2 aromatic heterocycles. The number of nitro benzene ring substituents is 1. The molecule has 1 aromatic carbocycles. The van der Waals surface area contributed by atoms with Crippen LogP contribution in [0.5, 0.6) is 0 Å². The Kier molecular flexibility index (Phi) is 4.10. The van der Waals surface area contributed by atoms with Gasteiger partial charge in [0.05, 0.1) is 16.8 Å². The maximum Gasteiger partial charge on any atom is 0.269 e. The minimum absolute atomic E-state index is 0.0450. The molecule has 23 heavy (non-hydrogen) atoms. The Morgan fingerprint density at radius 3 is 2.52 bits per heavy atom. The van der Waals surface area contributed by atoms with Crippen LogP contribution >= 0.6 is 0 Å². The minimum atomic E-state index is -0.436. The number of anilines is 1. The van der Waals surface area contributed by atoms with Gasteiger partial charge in [0.2, 0.25) is 0 Å². The molecule has 0 atom stereocenters. The van der Waals surface area contributed by atoms with Gasteiger partial charge in [-0.05, 0) is 36.4 Å². The normalized spacial score (nSPS) is 10.8. The van der Waals surface area contributed by atoms with Gasteiger partial charge in [0, 0.05) is 30.1 Å². The van der Waals surface area contributed by atoms with Crippen molar-refractivity contribution in [2.45, 2.75) is 0 Å².